The van der Waals surface area contributed by atoms with Crippen LogP contribution in [0.3, 0.4) is 0 Å². The van der Waals surface area contributed by atoms with Crippen LogP contribution in [0.5, 0.6) is 11.5 Å². The largest absolute Gasteiger partial charge is 0.493 e. The normalized spacial score (nSPS) is 15.0. The standard InChI is InChI=1S/C18H24O5/c1-21-16-12-14(18(20)22-2)9-10-15(16)23-17(19)11-8-13-6-4-3-5-7-13/h9-10,12-13H,3-8,11H2,1-2H3. The molecular weight excluding hydrogens is 296 g/mol. The summed E-state index contributed by atoms with van der Waals surface area (Å²) in [7, 11) is 2.78. The van der Waals surface area contributed by atoms with Gasteiger partial charge in [0.2, 0.25) is 0 Å². The summed E-state index contributed by atoms with van der Waals surface area (Å²) in [6.07, 6.45) is 7.55. The van der Waals surface area contributed by atoms with E-state index in [9.17, 15) is 9.59 Å². The van der Waals surface area contributed by atoms with E-state index in [0.717, 1.165) is 6.42 Å². The molecule has 126 valence electrons. The predicted octanol–water partition coefficient (Wildman–Crippen LogP) is 3.75. The van der Waals surface area contributed by atoms with Crippen molar-refractivity contribution in [3.63, 3.8) is 0 Å². The lowest BCUT2D eigenvalue weighted by molar-refractivity contribution is -0.134. The van der Waals surface area contributed by atoms with Gasteiger partial charge >= 0.3 is 11.9 Å². The van der Waals surface area contributed by atoms with Crippen molar-refractivity contribution in [3.8, 4) is 11.5 Å². The Balaban J connectivity index is 1.92. The number of ether oxygens (including phenoxy) is 3. The van der Waals surface area contributed by atoms with Gasteiger partial charge in [0, 0.05) is 6.42 Å². The number of esters is 2. The summed E-state index contributed by atoms with van der Waals surface area (Å²) in [6, 6.07) is 4.62. The van der Waals surface area contributed by atoms with Crippen LogP contribution < -0.4 is 9.47 Å². The first-order valence-electron chi connectivity index (χ1n) is 8.11. The summed E-state index contributed by atoms with van der Waals surface area (Å²) in [6.45, 7) is 0. The third-order valence-electron chi connectivity index (χ3n) is 4.29. The highest BCUT2D eigenvalue weighted by Crippen LogP contribution is 2.30. The number of carbonyl (C=O) groups excluding carboxylic acids is 2. The average molecular weight is 320 g/mol. The molecule has 0 unspecified atom stereocenters. The molecule has 1 fully saturated rings. The van der Waals surface area contributed by atoms with Gasteiger partial charge in [-0.3, -0.25) is 4.79 Å². The molecule has 1 saturated carbocycles. The Bertz CT molecular complexity index is 546. The van der Waals surface area contributed by atoms with Crippen molar-refractivity contribution in [2.45, 2.75) is 44.9 Å². The molecule has 0 spiro atoms. The third kappa shape index (κ3) is 4.98. The fraction of sp³-hybridized carbons (Fsp3) is 0.556. The van der Waals surface area contributed by atoms with Crippen molar-refractivity contribution in [2.24, 2.45) is 5.92 Å². The van der Waals surface area contributed by atoms with Crippen LogP contribution in [0.1, 0.15) is 55.3 Å². The van der Waals surface area contributed by atoms with Crippen molar-refractivity contribution in [3.05, 3.63) is 23.8 Å². The van der Waals surface area contributed by atoms with Gasteiger partial charge in [-0.25, -0.2) is 4.79 Å². The van der Waals surface area contributed by atoms with Crippen molar-refractivity contribution < 1.29 is 23.8 Å². The van der Waals surface area contributed by atoms with E-state index in [4.69, 9.17) is 9.47 Å². The van der Waals surface area contributed by atoms with E-state index in [0.29, 0.717) is 29.4 Å². The zero-order valence-electron chi connectivity index (χ0n) is 13.8. The summed E-state index contributed by atoms with van der Waals surface area (Å²) in [4.78, 5) is 23.5. The maximum Gasteiger partial charge on any atom is 0.337 e. The second-order valence-electron chi connectivity index (χ2n) is 5.87. The van der Waals surface area contributed by atoms with Crippen LogP contribution in [0.4, 0.5) is 0 Å². The van der Waals surface area contributed by atoms with E-state index in [1.165, 1.54) is 52.4 Å². The van der Waals surface area contributed by atoms with Gasteiger partial charge in [-0.15, -0.1) is 0 Å². The molecule has 1 aromatic carbocycles. The number of benzene rings is 1. The first-order chi connectivity index (χ1) is 11.1. The van der Waals surface area contributed by atoms with E-state index in [1.807, 2.05) is 0 Å². The van der Waals surface area contributed by atoms with Crippen LogP contribution in [0, 0.1) is 5.92 Å². The predicted molar refractivity (Wildman–Crippen MR) is 85.8 cm³/mol. The topological polar surface area (TPSA) is 61.8 Å². The molecule has 23 heavy (non-hydrogen) atoms. The summed E-state index contributed by atoms with van der Waals surface area (Å²) >= 11 is 0. The molecule has 0 bridgehead atoms. The van der Waals surface area contributed by atoms with Gasteiger partial charge < -0.3 is 14.2 Å². The number of hydrogen-bond acceptors (Lipinski definition) is 5. The van der Waals surface area contributed by atoms with Gasteiger partial charge in [0.05, 0.1) is 19.8 Å². The van der Waals surface area contributed by atoms with Crippen LogP contribution in [0.2, 0.25) is 0 Å². The van der Waals surface area contributed by atoms with Crippen LogP contribution in [-0.2, 0) is 9.53 Å². The van der Waals surface area contributed by atoms with Crippen molar-refractivity contribution in [1.29, 1.82) is 0 Å². The summed E-state index contributed by atoms with van der Waals surface area (Å²) < 4.78 is 15.2. The Morgan fingerprint density at radius 3 is 2.48 bits per heavy atom. The molecule has 5 heteroatoms. The van der Waals surface area contributed by atoms with Gasteiger partial charge in [0.25, 0.3) is 0 Å². The molecule has 0 N–H and O–H groups in total. The lowest BCUT2D eigenvalue weighted by Gasteiger charge is -2.20. The first kappa shape index (κ1) is 17.3. The van der Waals surface area contributed by atoms with E-state index in [1.54, 1.807) is 12.1 Å². The maximum atomic E-state index is 12.0. The molecule has 0 atom stereocenters. The lowest BCUT2D eigenvalue weighted by atomic mass is 9.86. The van der Waals surface area contributed by atoms with Crippen LogP contribution in [0.15, 0.2) is 18.2 Å². The highest BCUT2D eigenvalue weighted by atomic mass is 16.6. The number of hydrogen-bond donors (Lipinski definition) is 0. The number of carbonyl (C=O) groups is 2. The molecule has 2 rings (SSSR count). The minimum atomic E-state index is -0.460. The van der Waals surface area contributed by atoms with E-state index in [-0.39, 0.29) is 5.97 Å². The summed E-state index contributed by atoms with van der Waals surface area (Å²) in [5, 5.41) is 0. The molecule has 1 aromatic rings. The Morgan fingerprint density at radius 2 is 1.83 bits per heavy atom. The second-order valence-corrected chi connectivity index (χ2v) is 5.87. The smallest absolute Gasteiger partial charge is 0.337 e. The summed E-state index contributed by atoms with van der Waals surface area (Å²) in [5.74, 6) is 0.589. The monoisotopic (exact) mass is 320 g/mol. The first-order valence-corrected chi connectivity index (χ1v) is 8.11. The van der Waals surface area contributed by atoms with Crippen LogP contribution in [-0.4, -0.2) is 26.2 Å². The molecule has 0 aromatic heterocycles. The highest BCUT2D eigenvalue weighted by molar-refractivity contribution is 5.90. The molecule has 0 amide bonds. The molecular formula is C18H24O5. The van der Waals surface area contributed by atoms with Crippen molar-refractivity contribution in [2.75, 3.05) is 14.2 Å². The number of methoxy groups -OCH3 is 2. The van der Waals surface area contributed by atoms with E-state index in [2.05, 4.69) is 4.74 Å². The van der Waals surface area contributed by atoms with Crippen LogP contribution in [0.25, 0.3) is 0 Å². The maximum absolute atomic E-state index is 12.0. The molecule has 5 nitrogen and oxygen atoms in total. The molecule has 1 aliphatic rings. The molecule has 0 radical (unpaired) electrons. The van der Waals surface area contributed by atoms with E-state index < -0.39 is 5.97 Å². The van der Waals surface area contributed by atoms with Gasteiger partial charge in [-0.1, -0.05) is 32.1 Å². The Hall–Kier alpha value is -2.04. The van der Waals surface area contributed by atoms with Crippen molar-refractivity contribution in [1.82, 2.24) is 0 Å². The molecule has 0 saturated heterocycles. The zero-order chi connectivity index (χ0) is 16.7. The SMILES string of the molecule is COC(=O)c1ccc(OC(=O)CCC2CCCCC2)c(OC)c1. The molecule has 0 aliphatic heterocycles. The van der Waals surface area contributed by atoms with Gasteiger partial charge in [-0.05, 0) is 30.5 Å². The number of rotatable bonds is 6. The Morgan fingerprint density at radius 1 is 1.09 bits per heavy atom. The molecule has 1 aliphatic carbocycles. The molecule has 0 heterocycles. The Kier molecular flexibility index (Phi) is 6.44. The summed E-state index contributed by atoms with van der Waals surface area (Å²) in [5.41, 5.74) is 0.353. The second kappa shape index (κ2) is 8.56. The van der Waals surface area contributed by atoms with Gasteiger partial charge in [-0.2, -0.15) is 0 Å². The van der Waals surface area contributed by atoms with Gasteiger partial charge in [0.1, 0.15) is 0 Å². The average Bonchev–Trinajstić information content (AvgIpc) is 2.60. The fourth-order valence-corrected chi connectivity index (χ4v) is 2.97. The zero-order valence-corrected chi connectivity index (χ0v) is 13.8. The quantitative estimate of drug-likeness (QED) is 0.590. The third-order valence-corrected chi connectivity index (χ3v) is 4.29. The lowest BCUT2D eigenvalue weighted by Crippen LogP contribution is -2.13. The fourth-order valence-electron chi connectivity index (χ4n) is 2.97. The highest BCUT2D eigenvalue weighted by Gasteiger charge is 2.17. The Labute approximate surface area is 136 Å². The van der Waals surface area contributed by atoms with Crippen LogP contribution >= 0.6 is 0 Å². The van der Waals surface area contributed by atoms with Crippen molar-refractivity contribution >= 4 is 11.9 Å². The van der Waals surface area contributed by atoms with Gasteiger partial charge in [0.15, 0.2) is 11.5 Å². The minimum Gasteiger partial charge on any atom is -0.493 e. The van der Waals surface area contributed by atoms with E-state index >= 15 is 0 Å². The minimum absolute atomic E-state index is 0.264.